The largest absolute Gasteiger partial charge is 0.383 e. The van der Waals surface area contributed by atoms with Gasteiger partial charge in [0.1, 0.15) is 5.78 Å². The zero-order chi connectivity index (χ0) is 12.3. The molecule has 1 fully saturated rings. The lowest BCUT2D eigenvalue weighted by Crippen LogP contribution is -2.40. The molecule has 1 aromatic rings. The number of piperidine rings is 1. The fourth-order valence-corrected chi connectivity index (χ4v) is 2.20. The predicted octanol–water partition coefficient (Wildman–Crippen LogP) is 1.09. The topological polar surface area (TPSA) is 47.4 Å². The molecule has 1 saturated heterocycles. The molecule has 0 radical (unpaired) electrons. The summed E-state index contributed by atoms with van der Waals surface area (Å²) < 4.78 is 6.89. The summed E-state index contributed by atoms with van der Waals surface area (Å²) in [7, 11) is 1.68. The fraction of sp³-hybridized carbons (Fsp3) is 0.667. The quantitative estimate of drug-likeness (QED) is 0.786. The zero-order valence-corrected chi connectivity index (χ0v) is 10.4. The Morgan fingerprint density at radius 3 is 3.12 bits per heavy atom. The van der Waals surface area contributed by atoms with Gasteiger partial charge in [-0.25, -0.2) is 0 Å². The fourth-order valence-electron chi connectivity index (χ4n) is 2.20. The second kappa shape index (κ2) is 5.31. The number of methoxy groups -OCH3 is 1. The van der Waals surface area contributed by atoms with E-state index in [1.165, 1.54) is 0 Å². The lowest BCUT2D eigenvalue weighted by Gasteiger charge is -2.33. The molecule has 1 aliphatic heterocycles. The van der Waals surface area contributed by atoms with Crippen LogP contribution in [0.2, 0.25) is 0 Å². The number of nitrogens with zero attached hydrogens (tertiary/aromatic N) is 3. The lowest BCUT2D eigenvalue weighted by atomic mass is 10.0. The van der Waals surface area contributed by atoms with E-state index in [1.54, 1.807) is 7.11 Å². The first-order valence-electron chi connectivity index (χ1n) is 6.00. The SMILES string of the molecule is COCCn1cc(N2CCC(=O)CC2C)cn1. The Hall–Kier alpha value is -1.36. The number of anilines is 1. The molecular weight excluding hydrogens is 218 g/mol. The molecule has 2 heterocycles. The summed E-state index contributed by atoms with van der Waals surface area (Å²) in [5, 5.41) is 4.29. The third kappa shape index (κ3) is 2.85. The minimum atomic E-state index is 0.274. The van der Waals surface area contributed by atoms with Crippen molar-refractivity contribution in [2.24, 2.45) is 0 Å². The maximum Gasteiger partial charge on any atom is 0.136 e. The van der Waals surface area contributed by atoms with E-state index in [-0.39, 0.29) is 6.04 Å². The molecule has 0 saturated carbocycles. The Labute approximate surface area is 101 Å². The van der Waals surface area contributed by atoms with E-state index < -0.39 is 0 Å². The van der Waals surface area contributed by atoms with E-state index in [0.29, 0.717) is 25.2 Å². The smallest absolute Gasteiger partial charge is 0.136 e. The second-order valence-corrected chi connectivity index (χ2v) is 4.49. The van der Waals surface area contributed by atoms with Gasteiger partial charge in [0.15, 0.2) is 0 Å². The standard InChI is InChI=1S/C12H19N3O2/c1-10-7-12(16)3-4-15(10)11-8-13-14(9-11)5-6-17-2/h8-10H,3-7H2,1-2H3. The number of ketones is 1. The first-order valence-corrected chi connectivity index (χ1v) is 6.00. The van der Waals surface area contributed by atoms with Gasteiger partial charge < -0.3 is 9.64 Å². The van der Waals surface area contributed by atoms with Gasteiger partial charge in [-0.05, 0) is 6.92 Å². The van der Waals surface area contributed by atoms with Gasteiger partial charge in [-0.1, -0.05) is 0 Å². The predicted molar refractivity (Wildman–Crippen MR) is 65.2 cm³/mol. The molecule has 94 valence electrons. The molecule has 1 unspecified atom stereocenters. The van der Waals surface area contributed by atoms with E-state index in [4.69, 9.17) is 4.74 Å². The maximum atomic E-state index is 11.3. The van der Waals surface area contributed by atoms with Gasteiger partial charge in [0.05, 0.1) is 25.0 Å². The molecule has 0 N–H and O–H groups in total. The first kappa shape index (κ1) is 12.1. The van der Waals surface area contributed by atoms with Crippen LogP contribution in [-0.2, 0) is 16.1 Å². The van der Waals surface area contributed by atoms with Crippen molar-refractivity contribution < 1.29 is 9.53 Å². The monoisotopic (exact) mass is 237 g/mol. The Kier molecular flexibility index (Phi) is 3.78. The van der Waals surface area contributed by atoms with E-state index >= 15 is 0 Å². The van der Waals surface area contributed by atoms with Gasteiger partial charge in [0, 0.05) is 38.7 Å². The average molecular weight is 237 g/mol. The van der Waals surface area contributed by atoms with Crippen molar-refractivity contribution >= 4 is 11.5 Å². The van der Waals surface area contributed by atoms with Gasteiger partial charge in [-0.15, -0.1) is 0 Å². The number of Topliss-reactive ketones (excluding diaryl/α,β-unsaturated/α-hetero) is 1. The van der Waals surface area contributed by atoms with Crippen LogP contribution in [0.15, 0.2) is 12.4 Å². The van der Waals surface area contributed by atoms with Crippen molar-refractivity contribution in [3.63, 3.8) is 0 Å². The van der Waals surface area contributed by atoms with Crippen LogP contribution < -0.4 is 4.90 Å². The molecule has 0 aromatic carbocycles. The third-order valence-corrected chi connectivity index (χ3v) is 3.16. The molecule has 0 aliphatic carbocycles. The highest BCUT2D eigenvalue weighted by atomic mass is 16.5. The van der Waals surface area contributed by atoms with Crippen LogP contribution in [0.1, 0.15) is 19.8 Å². The van der Waals surface area contributed by atoms with E-state index in [1.807, 2.05) is 17.1 Å². The maximum absolute atomic E-state index is 11.3. The number of ether oxygens (including phenoxy) is 1. The van der Waals surface area contributed by atoms with Crippen molar-refractivity contribution in [1.29, 1.82) is 0 Å². The number of hydrogen-bond donors (Lipinski definition) is 0. The highest BCUT2D eigenvalue weighted by Gasteiger charge is 2.24. The van der Waals surface area contributed by atoms with Crippen LogP contribution in [0.25, 0.3) is 0 Å². The third-order valence-electron chi connectivity index (χ3n) is 3.16. The van der Waals surface area contributed by atoms with E-state index in [2.05, 4.69) is 16.9 Å². The number of carbonyl (C=O) groups is 1. The highest BCUT2D eigenvalue weighted by molar-refractivity contribution is 5.81. The summed E-state index contributed by atoms with van der Waals surface area (Å²) >= 11 is 0. The molecular formula is C12H19N3O2. The van der Waals surface area contributed by atoms with Gasteiger partial charge >= 0.3 is 0 Å². The molecule has 1 atom stereocenters. The van der Waals surface area contributed by atoms with Crippen molar-refractivity contribution in [1.82, 2.24) is 9.78 Å². The zero-order valence-electron chi connectivity index (χ0n) is 10.4. The van der Waals surface area contributed by atoms with E-state index in [9.17, 15) is 4.79 Å². The van der Waals surface area contributed by atoms with Crippen LogP contribution in [0.3, 0.4) is 0 Å². The lowest BCUT2D eigenvalue weighted by molar-refractivity contribution is -0.120. The van der Waals surface area contributed by atoms with Crippen molar-refractivity contribution in [3.05, 3.63) is 12.4 Å². The van der Waals surface area contributed by atoms with Crippen LogP contribution >= 0.6 is 0 Å². The van der Waals surface area contributed by atoms with Gasteiger partial charge in [-0.2, -0.15) is 5.10 Å². The summed E-state index contributed by atoms with van der Waals surface area (Å²) in [6.45, 7) is 4.31. The number of carbonyl (C=O) groups excluding carboxylic acids is 1. The molecule has 1 aromatic heterocycles. The van der Waals surface area contributed by atoms with E-state index in [0.717, 1.165) is 18.8 Å². The van der Waals surface area contributed by atoms with Crippen LogP contribution in [0.4, 0.5) is 5.69 Å². The van der Waals surface area contributed by atoms with Crippen LogP contribution in [0, 0.1) is 0 Å². The van der Waals surface area contributed by atoms with Gasteiger partial charge in [-0.3, -0.25) is 9.48 Å². The molecule has 1 aliphatic rings. The minimum absolute atomic E-state index is 0.274. The first-order chi connectivity index (χ1) is 8.20. The van der Waals surface area contributed by atoms with Crippen LogP contribution in [0.5, 0.6) is 0 Å². The summed E-state index contributed by atoms with van der Waals surface area (Å²) in [6, 6.07) is 0.274. The summed E-state index contributed by atoms with van der Waals surface area (Å²) in [5.74, 6) is 0.362. The van der Waals surface area contributed by atoms with Gasteiger partial charge in [0.2, 0.25) is 0 Å². The van der Waals surface area contributed by atoms with Crippen LogP contribution in [-0.4, -0.2) is 41.9 Å². The number of hydrogen-bond acceptors (Lipinski definition) is 4. The molecule has 5 heteroatoms. The Bertz CT molecular complexity index is 389. The Morgan fingerprint density at radius 2 is 2.41 bits per heavy atom. The van der Waals surface area contributed by atoms with Crippen molar-refractivity contribution in [2.45, 2.75) is 32.4 Å². The molecule has 0 bridgehead atoms. The number of aromatic nitrogens is 2. The van der Waals surface area contributed by atoms with Crippen molar-refractivity contribution in [2.75, 3.05) is 25.2 Å². The summed E-state index contributed by atoms with van der Waals surface area (Å²) in [4.78, 5) is 13.6. The molecule has 17 heavy (non-hydrogen) atoms. The van der Waals surface area contributed by atoms with Crippen molar-refractivity contribution in [3.8, 4) is 0 Å². The Balaban J connectivity index is 2.01. The summed E-state index contributed by atoms with van der Waals surface area (Å²) in [6.07, 6.45) is 5.17. The summed E-state index contributed by atoms with van der Waals surface area (Å²) in [5.41, 5.74) is 1.10. The second-order valence-electron chi connectivity index (χ2n) is 4.49. The number of rotatable bonds is 4. The minimum Gasteiger partial charge on any atom is -0.383 e. The normalized spacial score (nSPS) is 20.9. The molecule has 2 rings (SSSR count). The highest BCUT2D eigenvalue weighted by Crippen LogP contribution is 2.22. The average Bonchev–Trinajstić information content (AvgIpc) is 2.75. The van der Waals surface area contributed by atoms with Gasteiger partial charge in [0.25, 0.3) is 0 Å². The Morgan fingerprint density at radius 1 is 1.59 bits per heavy atom. The molecule has 0 spiro atoms. The molecule has 5 nitrogen and oxygen atoms in total. The molecule has 0 amide bonds.